The smallest absolute Gasteiger partial charge is 0.265 e. The normalized spacial score (nSPS) is 11.9. The molecule has 0 bridgehead atoms. The molecule has 0 saturated carbocycles. The monoisotopic (exact) mass is 475 g/mol. The van der Waals surface area contributed by atoms with Crippen molar-refractivity contribution in [3.05, 3.63) is 78.1 Å². The molecule has 4 rings (SSSR count). The fraction of sp³-hybridized carbons (Fsp3) is 0.0526. The minimum Gasteiger partial charge on any atom is -0.280 e. The Morgan fingerprint density at radius 2 is 1.61 bits per heavy atom. The van der Waals surface area contributed by atoms with Gasteiger partial charge in [0.25, 0.3) is 20.0 Å². The minimum absolute atomic E-state index is 0.0151. The average molecular weight is 476 g/mol. The van der Waals surface area contributed by atoms with Gasteiger partial charge in [0.05, 0.1) is 22.5 Å². The third-order valence-electron chi connectivity index (χ3n) is 4.23. The highest BCUT2D eigenvalue weighted by molar-refractivity contribution is 7.93. The van der Waals surface area contributed by atoms with Gasteiger partial charge in [0, 0.05) is 17.3 Å². The Hall–Kier alpha value is -3.22. The first-order valence-corrected chi connectivity index (χ1v) is 12.8. The van der Waals surface area contributed by atoms with Crippen LogP contribution in [0.2, 0.25) is 0 Å². The van der Waals surface area contributed by atoms with Crippen molar-refractivity contribution in [2.24, 2.45) is 0 Å². The van der Waals surface area contributed by atoms with Gasteiger partial charge in [-0.15, -0.1) is 11.3 Å². The largest absolute Gasteiger partial charge is 0.280 e. The van der Waals surface area contributed by atoms with Gasteiger partial charge in [0.1, 0.15) is 4.90 Å². The number of nitrogens with zero attached hydrogens (tertiary/aromatic N) is 3. The molecule has 31 heavy (non-hydrogen) atoms. The van der Waals surface area contributed by atoms with Crippen molar-refractivity contribution in [3.63, 3.8) is 0 Å². The zero-order chi connectivity index (χ0) is 22.1. The summed E-state index contributed by atoms with van der Waals surface area (Å²) in [6, 6.07) is 14.5. The molecule has 0 aliphatic rings. The molecule has 0 atom stereocenters. The average Bonchev–Trinajstić information content (AvgIpc) is 3.38. The summed E-state index contributed by atoms with van der Waals surface area (Å²) in [5, 5.41) is 6.17. The maximum absolute atomic E-state index is 12.9. The molecule has 2 aromatic carbocycles. The number of anilines is 2. The lowest BCUT2D eigenvalue weighted by Gasteiger charge is -2.09. The molecular formula is C19H17N5O4S3. The number of hydrogen-bond acceptors (Lipinski definition) is 7. The molecule has 0 unspecified atom stereocenters. The molecule has 2 N–H and O–H groups in total. The molecule has 0 aliphatic carbocycles. The third-order valence-corrected chi connectivity index (χ3v) is 7.89. The molecule has 2 heterocycles. The maximum Gasteiger partial charge on any atom is 0.265 e. The summed E-state index contributed by atoms with van der Waals surface area (Å²) in [5.41, 5.74) is 1.29. The maximum atomic E-state index is 12.9. The van der Waals surface area contributed by atoms with Crippen LogP contribution in [0.4, 0.5) is 10.8 Å². The van der Waals surface area contributed by atoms with Crippen LogP contribution in [-0.4, -0.2) is 31.6 Å². The molecule has 0 amide bonds. The van der Waals surface area contributed by atoms with Crippen molar-refractivity contribution >= 4 is 42.2 Å². The molecule has 9 nitrogen and oxygen atoms in total. The standard InChI is InChI=1S/C19H17N5O4S3/c1-14-18(13-24(21-14)16-5-3-2-4-6-16)31(27,28)22-15-7-9-17(10-8-15)30(25,26)23-19-20-11-12-29-19/h2-13,22H,1H3,(H,20,23). The quantitative estimate of drug-likeness (QED) is 0.423. The van der Waals surface area contributed by atoms with E-state index in [9.17, 15) is 16.8 Å². The Morgan fingerprint density at radius 3 is 2.26 bits per heavy atom. The molecule has 0 saturated heterocycles. The van der Waals surface area contributed by atoms with E-state index in [1.807, 2.05) is 30.3 Å². The molecule has 0 spiro atoms. The summed E-state index contributed by atoms with van der Waals surface area (Å²) in [6.45, 7) is 1.61. The summed E-state index contributed by atoms with van der Waals surface area (Å²) in [4.78, 5) is 3.90. The number of hydrogen-bond donors (Lipinski definition) is 2. The fourth-order valence-corrected chi connectivity index (χ4v) is 5.79. The number of sulfonamides is 2. The number of aromatic nitrogens is 3. The number of nitrogens with one attached hydrogen (secondary N) is 2. The molecule has 0 fully saturated rings. The topological polar surface area (TPSA) is 123 Å². The highest BCUT2D eigenvalue weighted by atomic mass is 32.2. The second kappa shape index (κ2) is 8.13. The van der Waals surface area contributed by atoms with Gasteiger partial charge in [-0.05, 0) is 43.3 Å². The van der Waals surface area contributed by atoms with Crippen LogP contribution in [-0.2, 0) is 20.0 Å². The van der Waals surface area contributed by atoms with Crippen LogP contribution in [0, 0.1) is 6.92 Å². The first-order valence-electron chi connectivity index (χ1n) is 8.91. The van der Waals surface area contributed by atoms with E-state index in [2.05, 4.69) is 19.5 Å². The van der Waals surface area contributed by atoms with Gasteiger partial charge in [0.15, 0.2) is 5.13 Å². The molecule has 0 aliphatic heterocycles. The lowest BCUT2D eigenvalue weighted by molar-refractivity contribution is 0.599. The van der Waals surface area contributed by atoms with Crippen LogP contribution in [0.25, 0.3) is 5.69 Å². The Balaban J connectivity index is 1.55. The van der Waals surface area contributed by atoms with E-state index in [4.69, 9.17) is 0 Å². The van der Waals surface area contributed by atoms with E-state index < -0.39 is 20.0 Å². The SMILES string of the molecule is Cc1nn(-c2ccccc2)cc1S(=O)(=O)Nc1ccc(S(=O)(=O)Nc2nccs2)cc1. The number of rotatable bonds is 7. The van der Waals surface area contributed by atoms with Gasteiger partial charge in [-0.25, -0.2) is 26.5 Å². The predicted octanol–water partition coefficient (Wildman–Crippen LogP) is 3.24. The van der Waals surface area contributed by atoms with Crippen molar-refractivity contribution in [3.8, 4) is 5.69 Å². The number of thiazole rings is 1. The Morgan fingerprint density at radius 1 is 0.903 bits per heavy atom. The van der Waals surface area contributed by atoms with Crippen molar-refractivity contribution in [2.75, 3.05) is 9.44 Å². The zero-order valence-electron chi connectivity index (χ0n) is 16.1. The van der Waals surface area contributed by atoms with Gasteiger partial charge in [-0.3, -0.25) is 9.44 Å². The summed E-state index contributed by atoms with van der Waals surface area (Å²) >= 11 is 1.15. The zero-order valence-corrected chi connectivity index (χ0v) is 18.6. The van der Waals surface area contributed by atoms with E-state index >= 15 is 0 Å². The van der Waals surface area contributed by atoms with Crippen LogP contribution in [0.1, 0.15) is 5.69 Å². The summed E-state index contributed by atoms with van der Waals surface area (Å²) in [5.74, 6) is 0. The van der Waals surface area contributed by atoms with Gasteiger partial charge in [-0.2, -0.15) is 5.10 Å². The lowest BCUT2D eigenvalue weighted by atomic mass is 10.3. The summed E-state index contributed by atoms with van der Waals surface area (Å²) in [6.07, 6.45) is 2.92. The first-order chi connectivity index (χ1) is 14.7. The molecule has 0 radical (unpaired) electrons. The van der Waals surface area contributed by atoms with Crippen molar-refractivity contribution in [1.82, 2.24) is 14.8 Å². The first kappa shape index (κ1) is 21.0. The highest BCUT2D eigenvalue weighted by Gasteiger charge is 2.22. The van der Waals surface area contributed by atoms with Crippen LogP contribution in [0.3, 0.4) is 0 Å². The van der Waals surface area contributed by atoms with E-state index in [1.165, 1.54) is 41.3 Å². The predicted molar refractivity (Wildman–Crippen MR) is 118 cm³/mol. The summed E-state index contributed by atoms with van der Waals surface area (Å²) in [7, 11) is -7.75. The van der Waals surface area contributed by atoms with E-state index in [-0.39, 0.29) is 20.6 Å². The van der Waals surface area contributed by atoms with Crippen molar-refractivity contribution in [2.45, 2.75) is 16.7 Å². The van der Waals surface area contributed by atoms with Gasteiger partial charge in [-0.1, -0.05) is 18.2 Å². The lowest BCUT2D eigenvalue weighted by Crippen LogP contribution is -2.15. The fourth-order valence-electron chi connectivity index (χ4n) is 2.78. The molecular weight excluding hydrogens is 458 g/mol. The van der Waals surface area contributed by atoms with E-state index in [0.29, 0.717) is 5.69 Å². The van der Waals surface area contributed by atoms with Gasteiger partial charge in [0.2, 0.25) is 0 Å². The number of aryl methyl sites for hydroxylation is 1. The molecule has 4 aromatic rings. The number of para-hydroxylation sites is 1. The minimum atomic E-state index is -3.93. The van der Waals surface area contributed by atoms with Crippen LogP contribution < -0.4 is 9.44 Å². The second-order valence-corrected chi connectivity index (χ2v) is 10.7. The number of benzene rings is 2. The van der Waals surface area contributed by atoms with Crippen LogP contribution >= 0.6 is 11.3 Å². The van der Waals surface area contributed by atoms with Crippen molar-refractivity contribution in [1.29, 1.82) is 0 Å². The summed E-state index contributed by atoms with van der Waals surface area (Å²) < 4.78 is 56.8. The molecule has 160 valence electrons. The van der Waals surface area contributed by atoms with Crippen LogP contribution in [0.15, 0.2) is 82.2 Å². The van der Waals surface area contributed by atoms with Crippen molar-refractivity contribution < 1.29 is 16.8 Å². The second-order valence-electron chi connectivity index (χ2n) is 6.43. The van der Waals surface area contributed by atoms with Crippen LogP contribution in [0.5, 0.6) is 0 Å². The van der Waals surface area contributed by atoms with E-state index in [1.54, 1.807) is 12.3 Å². The van der Waals surface area contributed by atoms with Gasteiger partial charge < -0.3 is 0 Å². The Kier molecular flexibility index (Phi) is 5.52. The Labute approximate surface area is 183 Å². The highest BCUT2D eigenvalue weighted by Crippen LogP contribution is 2.23. The molecule has 12 heteroatoms. The van der Waals surface area contributed by atoms with Gasteiger partial charge >= 0.3 is 0 Å². The molecule has 2 aromatic heterocycles. The third kappa shape index (κ3) is 4.60. The Bertz CT molecular complexity index is 1400. The van der Waals surface area contributed by atoms with E-state index in [0.717, 1.165) is 17.0 Å².